The third kappa shape index (κ3) is 4.06. The average Bonchev–Trinajstić information content (AvgIpc) is 2.57. The van der Waals surface area contributed by atoms with Gasteiger partial charge in [0.15, 0.2) is 0 Å². The van der Waals surface area contributed by atoms with Gasteiger partial charge in [-0.1, -0.05) is 0 Å². The third-order valence-electron chi connectivity index (χ3n) is 3.43. The van der Waals surface area contributed by atoms with E-state index in [9.17, 15) is 33.5 Å². The third-order valence-corrected chi connectivity index (χ3v) is 3.43. The van der Waals surface area contributed by atoms with E-state index in [2.05, 4.69) is 15.5 Å². The number of pyridine rings is 1. The van der Waals surface area contributed by atoms with E-state index in [-0.39, 0.29) is 28.3 Å². The molecule has 0 aliphatic rings. The molecule has 11 heteroatoms. The monoisotopic (exact) mass is 370 g/mol. The van der Waals surface area contributed by atoms with Gasteiger partial charge in [0.2, 0.25) is 0 Å². The lowest BCUT2D eigenvalue weighted by Crippen LogP contribution is -2.07. The van der Waals surface area contributed by atoms with Crippen molar-refractivity contribution in [2.45, 2.75) is 19.7 Å². The molecule has 3 N–H and O–H groups in total. The minimum atomic E-state index is -4.72. The van der Waals surface area contributed by atoms with Crippen LogP contribution in [0.1, 0.15) is 22.4 Å². The summed E-state index contributed by atoms with van der Waals surface area (Å²) in [6.45, 7) is 1.07. The van der Waals surface area contributed by atoms with Crippen LogP contribution in [0.5, 0.6) is 5.75 Å². The Morgan fingerprint density at radius 3 is 2.69 bits per heavy atom. The van der Waals surface area contributed by atoms with Gasteiger partial charge >= 0.3 is 6.18 Å². The van der Waals surface area contributed by atoms with Crippen LogP contribution in [0.3, 0.4) is 0 Å². The lowest BCUT2D eigenvalue weighted by atomic mass is 10.1. The number of nitrogens with zero attached hydrogens (tertiary/aromatic N) is 3. The summed E-state index contributed by atoms with van der Waals surface area (Å²) >= 11 is 0. The van der Waals surface area contributed by atoms with Crippen LogP contribution in [0.2, 0.25) is 0 Å². The first-order valence-electron chi connectivity index (χ1n) is 7.08. The maximum atomic E-state index is 12.7. The van der Waals surface area contributed by atoms with Crippen molar-refractivity contribution >= 4 is 17.6 Å². The van der Waals surface area contributed by atoms with Crippen LogP contribution in [0.4, 0.5) is 24.5 Å². The second-order valence-electron chi connectivity index (χ2n) is 5.15. The molecule has 0 saturated carbocycles. The van der Waals surface area contributed by atoms with Gasteiger partial charge in [-0.15, -0.1) is 0 Å². The predicted octanol–water partition coefficient (Wildman–Crippen LogP) is 2.96. The minimum Gasteiger partial charge on any atom is -0.505 e. The largest absolute Gasteiger partial charge is 0.505 e. The van der Waals surface area contributed by atoms with Gasteiger partial charge in [-0.3, -0.25) is 20.5 Å². The molecule has 2 aromatic rings. The van der Waals surface area contributed by atoms with E-state index in [0.717, 1.165) is 12.3 Å². The number of nitro benzene ring substituents is 1. The second-order valence-corrected chi connectivity index (χ2v) is 5.15. The molecule has 0 fully saturated rings. The van der Waals surface area contributed by atoms with E-state index < -0.39 is 29.0 Å². The molecule has 138 valence electrons. The van der Waals surface area contributed by atoms with E-state index in [1.165, 1.54) is 13.1 Å². The summed E-state index contributed by atoms with van der Waals surface area (Å²) in [7, 11) is 0. The standard InChI is InChI=1S/C15H13F3N4O4/c1-8-14(24)11(9(7-23)5-19-8)6-20-21-12-3-2-10(15(16,17)18)4-13(12)22(25)26/h2-6,21,23-24H,7H2,1H3. The first kappa shape index (κ1) is 19.1. The molecular formula is C15H13F3N4O4. The number of nitrogens with one attached hydrogen (secondary N) is 1. The molecule has 1 heterocycles. The fourth-order valence-electron chi connectivity index (χ4n) is 2.04. The first-order valence-corrected chi connectivity index (χ1v) is 7.08. The number of aliphatic hydroxyl groups is 1. The molecule has 0 spiro atoms. The van der Waals surface area contributed by atoms with Crippen molar-refractivity contribution in [3.8, 4) is 5.75 Å². The Morgan fingerprint density at radius 2 is 2.12 bits per heavy atom. The van der Waals surface area contributed by atoms with E-state index >= 15 is 0 Å². The number of halogens is 3. The molecule has 1 aromatic heterocycles. The normalized spacial score (nSPS) is 11.7. The lowest BCUT2D eigenvalue weighted by molar-refractivity contribution is -0.384. The molecule has 0 radical (unpaired) electrons. The molecule has 0 bridgehead atoms. The highest BCUT2D eigenvalue weighted by atomic mass is 19.4. The Bertz CT molecular complexity index is 869. The zero-order valence-electron chi connectivity index (χ0n) is 13.3. The zero-order valence-corrected chi connectivity index (χ0v) is 13.3. The summed E-state index contributed by atoms with van der Waals surface area (Å²) in [5.41, 5.74) is 0.670. The van der Waals surface area contributed by atoms with Gasteiger partial charge in [0.1, 0.15) is 11.4 Å². The summed E-state index contributed by atoms with van der Waals surface area (Å²) in [4.78, 5) is 13.9. The Morgan fingerprint density at radius 1 is 1.42 bits per heavy atom. The van der Waals surface area contributed by atoms with Crippen molar-refractivity contribution < 1.29 is 28.3 Å². The van der Waals surface area contributed by atoms with Crippen molar-refractivity contribution in [3.63, 3.8) is 0 Å². The van der Waals surface area contributed by atoms with Gasteiger partial charge in [-0.25, -0.2) is 0 Å². The van der Waals surface area contributed by atoms with Crippen LogP contribution in [0.15, 0.2) is 29.5 Å². The SMILES string of the molecule is Cc1ncc(CO)c(C=NNc2ccc(C(F)(F)F)cc2[N+](=O)[O-])c1O. The quantitative estimate of drug-likeness (QED) is 0.423. The number of alkyl halides is 3. The van der Waals surface area contributed by atoms with Crippen molar-refractivity contribution in [1.82, 2.24) is 4.98 Å². The number of hydrogen-bond acceptors (Lipinski definition) is 7. The molecule has 0 atom stereocenters. The molecule has 0 amide bonds. The number of benzene rings is 1. The van der Waals surface area contributed by atoms with Gasteiger partial charge in [0.25, 0.3) is 5.69 Å². The van der Waals surface area contributed by atoms with Gasteiger partial charge < -0.3 is 10.2 Å². The molecule has 0 saturated heterocycles. The Kier molecular flexibility index (Phi) is 5.41. The summed E-state index contributed by atoms with van der Waals surface area (Å²) in [6, 6.07) is 1.95. The van der Waals surface area contributed by atoms with Crippen LogP contribution in [-0.2, 0) is 12.8 Å². The number of aromatic nitrogens is 1. The molecule has 1 aromatic carbocycles. The Labute approximate surface area is 144 Å². The predicted molar refractivity (Wildman–Crippen MR) is 85.9 cm³/mol. The van der Waals surface area contributed by atoms with Crippen LogP contribution in [0, 0.1) is 17.0 Å². The van der Waals surface area contributed by atoms with Crippen LogP contribution >= 0.6 is 0 Å². The maximum absolute atomic E-state index is 12.7. The van der Waals surface area contributed by atoms with Crippen LogP contribution in [0.25, 0.3) is 0 Å². The molecule has 0 aliphatic heterocycles. The molecule has 0 unspecified atom stereocenters. The number of anilines is 1. The fourth-order valence-corrected chi connectivity index (χ4v) is 2.04. The van der Waals surface area contributed by atoms with Crippen molar-refractivity contribution in [1.29, 1.82) is 0 Å². The maximum Gasteiger partial charge on any atom is 0.416 e. The summed E-state index contributed by atoms with van der Waals surface area (Å²) in [6.07, 6.45) is -2.32. The second kappa shape index (κ2) is 7.35. The van der Waals surface area contributed by atoms with E-state index in [1.807, 2.05) is 0 Å². The minimum absolute atomic E-state index is 0.127. The highest BCUT2D eigenvalue weighted by Gasteiger charge is 2.33. The number of aliphatic hydroxyl groups excluding tert-OH is 1. The summed E-state index contributed by atoms with van der Waals surface area (Å²) in [5, 5.41) is 33.9. The number of hydrogen-bond donors (Lipinski definition) is 3. The number of aromatic hydroxyl groups is 1. The lowest BCUT2D eigenvalue weighted by Gasteiger charge is -2.09. The van der Waals surface area contributed by atoms with E-state index in [1.54, 1.807) is 0 Å². The van der Waals surface area contributed by atoms with Crippen molar-refractivity contribution in [3.05, 3.63) is 56.9 Å². The first-order chi connectivity index (χ1) is 12.1. The van der Waals surface area contributed by atoms with Gasteiger partial charge in [0.05, 0.1) is 29.0 Å². The topological polar surface area (TPSA) is 121 Å². The van der Waals surface area contributed by atoms with Crippen molar-refractivity contribution in [2.75, 3.05) is 5.43 Å². The van der Waals surface area contributed by atoms with Crippen LogP contribution in [-0.4, -0.2) is 26.3 Å². The number of nitro groups is 1. The van der Waals surface area contributed by atoms with Gasteiger partial charge in [0, 0.05) is 23.4 Å². The Hall–Kier alpha value is -3.21. The van der Waals surface area contributed by atoms with Gasteiger partial charge in [-0.05, 0) is 19.1 Å². The number of rotatable bonds is 5. The molecule has 2 rings (SSSR count). The number of aryl methyl sites for hydroxylation is 1. The summed E-state index contributed by atoms with van der Waals surface area (Å²) in [5.74, 6) is -0.246. The highest BCUT2D eigenvalue weighted by molar-refractivity contribution is 5.86. The highest BCUT2D eigenvalue weighted by Crippen LogP contribution is 2.35. The molecule has 26 heavy (non-hydrogen) atoms. The Balaban J connectivity index is 2.34. The smallest absolute Gasteiger partial charge is 0.416 e. The fraction of sp³-hybridized carbons (Fsp3) is 0.200. The van der Waals surface area contributed by atoms with E-state index in [0.29, 0.717) is 12.1 Å². The zero-order chi connectivity index (χ0) is 19.5. The molecule has 0 aliphatic carbocycles. The number of hydrazone groups is 1. The summed E-state index contributed by atoms with van der Waals surface area (Å²) < 4.78 is 38.0. The molecular weight excluding hydrogens is 357 g/mol. The van der Waals surface area contributed by atoms with Crippen LogP contribution < -0.4 is 5.43 Å². The molecule has 8 nitrogen and oxygen atoms in total. The average molecular weight is 370 g/mol. The van der Waals surface area contributed by atoms with Crippen molar-refractivity contribution in [2.24, 2.45) is 5.10 Å². The van der Waals surface area contributed by atoms with E-state index in [4.69, 9.17) is 0 Å². The van der Waals surface area contributed by atoms with Gasteiger partial charge in [-0.2, -0.15) is 18.3 Å².